The van der Waals surface area contributed by atoms with E-state index in [1.165, 1.54) is 0 Å². The molecule has 2 aromatic carbocycles. The third-order valence-electron chi connectivity index (χ3n) is 6.25. The number of carbonyl (C=O) groups is 3. The van der Waals surface area contributed by atoms with Gasteiger partial charge in [-0.3, -0.25) is 14.4 Å². The zero-order valence-electron chi connectivity index (χ0n) is 17.3. The number of piperazine rings is 1. The van der Waals surface area contributed by atoms with E-state index >= 15 is 0 Å². The largest absolute Gasteiger partial charge is 0.347 e. The van der Waals surface area contributed by atoms with Gasteiger partial charge in [0.1, 0.15) is 12.1 Å². The van der Waals surface area contributed by atoms with E-state index in [0.29, 0.717) is 18.5 Å². The standard InChI is InChI=1S/C24H27N3O3/c1-3-15(2)21-24(30)27-14-19(13-20(27)23(29)26-21)25-22(28)18-11-9-17(10-12-18)16-7-5-4-6-8-16/h4-12,15,19-21H,3,13-14H2,1-2H3,(H,25,28)(H,26,29)/t15-,19-,20-,21-/m0/s1. The van der Waals surface area contributed by atoms with Gasteiger partial charge in [0.2, 0.25) is 11.8 Å². The van der Waals surface area contributed by atoms with Crippen molar-refractivity contribution in [2.24, 2.45) is 5.92 Å². The fraction of sp³-hybridized carbons (Fsp3) is 0.375. The Morgan fingerprint density at radius 2 is 1.77 bits per heavy atom. The average molecular weight is 405 g/mol. The Morgan fingerprint density at radius 1 is 1.10 bits per heavy atom. The number of amides is 3. The Bertz CT molecular complexity index is 942. The highest BCUT2D eigenvalue weighted by molar-refractivity contribution is 5.98. The lowest BCUT2D eigenvalue weighted by atomic mass is 9.95. The minimum atomic E-state index is -0.497. The molecule has 4 atom stereocenters. The van der Waals surface area contributed by atoms with Crippen LogP contribution in [0, 0.1) is 5.92 Å². The van der Waals surface area contributed by atoms with Crippen molar-refractivity contribution in [2.75, 3.05) is 6.54 Å². The van der Waals surface area contributed by atoms with Crippen LogP contribution in [0.3, 0.4) is 0 Å². The molecule has 0 aromatic heterocycles. The minimum Gasteiger partial charge on any atom is -0.347 e. The average Bonchev–Trinajstić information content (AvgIpc) is 3.21. The molecule has 2 fully saturated rings. The third-order valence-corrected chi connectivity index (χ3v) is 6.25. The molecule has 2 aromatic rings. The normalized spacial score (nSPS) is 24.2. The molecule has 0 aliphatic carbocycles. The fourth-order valence-corrected chi connectivity index (χ4v) is 4.26. The molecule has 6 heteroatoms. The van der Waals surface area contributed by atoms with Crippen LogP contribution in [0.1, 0.15) is 37.0 Å². The van der Waals surface area contributed by atoms with E-state index in [9.17, 15) is 14.4 Å². The molecule has 2 heterocycles. The molecule has 0 unspecified atom stereocenters. The monoisotopic (exact) mass is 405 g/mol. The van der Waals surface area contributed by atoms with Gasteiger partial charge in [0.15, 0.2) is 0 Å². The Hall–Kier alpha value is -3.15. The van der Waals surface area contributed by atoms with E-state index in [1.54, 1.807) is 17.0 Å². The zero-order chi connectivity index (χ0) is 21.3. The molecule has 156 valence electrons. The van der Waals surface area contributed by atoms with Crippen molar-refractivity contribution >= 4 is 17.7 Å². The summed E-state index contributed by atoms with van der Waals surface area (Å²) >= 11 is 0. The van der Waals surface area contributed by atoms with Gasteiger partial charge in [0, 0.05) is 18.2 Å². The van der Waals surface area contributed by atoms with E-state index in [4.69, 9.17) is 0 Å². The van der Waals surface area contributed by atoms with E-state index in [-0.39, 0.29) is 29.7 Å². The number of fused-ring (bicyclic) bond motifs is 1. The summed E-state index contributed by atoms with van der Waals surface area (Å²) in [6.07, 6.45) is 1.26. The molecule has 0 saturated carbocycles. The van der Waals surface area contributed by atoms with Crippen molar-refractivity contribution in [3.63, 3.8) is 0 Å². The first-order chi connectivity index (χ1) is 14.5. The highest BCUT2D eigenvalue weighted by atomic mass is 16.2. The van der Waals surface area contributed by atoms with E-state index in [1.807, 2.05) is 56.3 Å². The minimum absolute atomic E-state index is 0.0436. The maximum atomic E-state index is 12.8. The summed E-state index contributed by atoms with van der Waals surface area (Å²) in [5, 5.41) is 5.87. The van der Waals surface area contributed by atoms with Crippen molar-refractivity contribution in [3.05, 3.63) is 60.2 Å². The summed E-state index contributed by atoms with van der Waals surface area (Å²) in [4.78, 5) is 39.7. The van der Waals surface area contributed by atoms with Gasteiger partial charge in [-0.05, 0) is 35.6 Å². The van der Waals surface area contributed by atoms with E-state index in [0.717, 1.165) is 17.5 Å². The van der Waals surface area contributed by atoms with Gasteiger partial charge in [0.05, 0.1) is 0 Å². The lowest BCUT2D eigenvalue weighted by Crippen LogP contribution is -2.62. The van der Waals surface area contributed by atoms with Gasteiger partial charge >= 0.3 is 0 Å². The molecule has 2 aliphatic heterocycles. The number of nitrogens with zero attached hydrogens (tertiary/aromatic N) is 1. The number of rotatable bonds is 5. The van der Waals surface area contributed by atoms with E-state index < -0.39 is 12.1 Å². The highest BCUT2D eigenvalue weighted by Gasteiger charge is 2.47. The highest BCUT2D eigenvalue weighted by Crippen LogP contribution is 2.26. The number of hydrogen-bond acceptors (Lipinski definition) is 3. The molecule has 3 amide bonds. The number of benzene rings is 2. The van der Waals surface area contributed by atoms with Crippen LogP contribution in [-0.2, 0) is 9.59 Å². The number of carbonyl (C=O) groups excluding carboxylic acids is 3. The molecular weight excluding hydrogens is 378 g/mol. The Morgan fingerprint density at radius 3 is 2.43 bits per heavy atom. The van der Waals surface area contributed by atoms with Crippen LogP contribution in [0.5, 0.6) is 0 Å². The molecule has 30 heavy (non-hydrogen) atoms. The van der Waals surface area contributed by atoms with Gasteiger partial charge < -0.3 is 15.5 Å². The van der Waals surface area contributed by atoms with E-state index in [2.05, 4.69) is 10.6 Å². The summed E-state index contributed by atoms with van der Waals surface area (Å²) in [5.74, 6) is -0.272. The zero-order valence-corrected chi connectivity index (χ0v) is 17.3. The molecular formula is C24H27N3O3. The van der Waals surface area contributed by atoms with Crippen LogP contribution < -0.4 is 10.6 Å². The van der Waals surface area contributed by atoms with Crippen LogP contribution in [0.2, 0.25) is 0 Å². The molecule has 2 N–H and O–H groups in total. The fourth-order valence-electron chi connectivity index (χ4n) is 4.26. The lowest BCUT2D eigenvalue weighted by molar-refractivity contribution is -0.148. The molecule has 4 rings (SSSR count). The van der Waals surface area contributed by atoms with Crippen molar-refractivity contribution in [3.8, 4) is 11.1 Å². The van der Waals surface area contributed by atoms with Crippen LogP contribution in [0.15, 0.2) is 54.6 Å². The first kappa shape index (κ1) is 20.1. The van der Waals surface area contributed by atoms with Crippen molar-refractivity contribution in [1.29, 1.82) is 0 Å². The summed E-state index contributed by atoms with van der Waals surface area (Å²) in [6.45, 7) is 4.35. The lowest BCUT2D eigenvalue weighted by Gasteiger charge is -2.36. The first-order valence-electron chi connectivity index (χ1n) is 10.5. The predicted molar refractivity (Wildman–Crippen MR) is 115 cm³/mol. The van der Waals surface area contributed by atoms with Crippen molar-refractivity contribution < 1.29 is 14.4 Å². The summed E-state index contributed by atoms with van der Waals surface area (Å²) in [5.41, 5.74) is 2.70. The smallest absolute Gasteiger partial charge is 0.251 e. The van der Waals surface area contributed by atoms with Crippen LogP contribution in [-0.4, -0.2) is 47.3 Å². The topological polar surface area (TPSA) is 78.5 Å². The van der Waals surface area contributed by atoms with Gasteiger partial charge in [-0.15, -0.1) is 0 Å². The Kier molecular flexibility index (Phi) is 5.57. The number of nitrogens with one attached hydrogen (secondary N) is 2. The van der Waals surface area contributed by atoms with Gasteiger partial charge in [-0.25, -0.2) is 0 Å². The van der Waals surface area contributed by atoms with Gasteiger partial charge in [-0.2, -0.15) is 0 Å². The van der Waals surface area contributed by atoms with Crippen LogP contribution >= 0.6 is 0 Å². The van der Waals surface area contributed by atoms with Crippen LogP contribution in [0.25, 0.3) is 11.1 Å². The molecule has 0 spiro atoms. The summed E-state index contributed by atoms with van der Waals surface area (Å²) in [6, 6.07) is 16.2. The van der Waals surface area contributed by atoms with Gasteiger partial charge in [0.25, 0.3) is 5.91 Å². The third kappa shape index (κ3) is 3.82. The molecule has 2 aliphatic rings. The second kappa shape index (κ2) is 8.30. The maximum Gasteiger partial charge on any atom is 0.251 e. The quantitative estimate of drug-likeness (QED) is 0.803. The first-order valence-corrected chi connectivity index (χ1v) is 10.5. The molecule has 0 radical (unpaired) electrons. The predicted octanol–water partition coefficient (Wildman–Crippen LogP) is 2.60. The molecule has 6 nitrogen and oxygen atoms in total. The Labute approximate surface area is 176 Å². The van der Waals surface area contributed by atoms with Crippen LogP contribution in [0.4, 0.5) is 0 Å². The molecule has 2 saturated heterocycles. The second-order valence-electron chi connectivity index (χ2n) is 8.23. The Balaban J connectivity index is 1.41. The van der Waals surface area contributed by atoms with Gasteiger partial charge in [-0.1, -0.05) is 62.7 Å². The summed E-state index contributed by atoms with van der Waals surface area (Å²) in [7, 11) is 0. The van der Waals surface area contributed by atoms with Crippen molar-refractivity contribution in [2.45, 2.75) is 44.8 Å². The SMILES string of the molecule is CC[C@H](C)[C@@H]1NC(=O)[C@@H]2C[C@H](NC(=O)c3ccc(-c4ccccc4)cc3)CN2C1=O. The second-order valence-corrected chi connectivity index (χ2v) is 8.23. The molecule has 0 bridgehead atoms. The summed E-state index contributed by atoms with van der Waals surface area (Å²) < 4.78 is 0. The number of hydrogen-bond donors (Lipinski definition) is 2. The maximum absolute atomic E-state index is 12.8. The van der Waals surface area contributed by atoms with Crippen molar-refractivity contribution in [1.82, 2.24) is 15.5 Å².